The SMILES string of the molecule is Brc1ccc2c3c(cccc13)C(c1ccccc1)(c1ccccc1)C=C2. The summed E-state index contributed by atoms with van der Waals surface area (Å²) in [6.45, 7) is 0. The summed E-state index contributed by atoms with van der Waals surface area (Å²) in [5.41, 5.74) is 4.92. The van der Waals surface area contributed by atoms with Crippen molar-refractivity contribution in [2.75, 3.05) is 0 Å². The number of rotatable bonds is 2. The molecule has 0 aromatic heterocycles. The van der Waals surface area contributed by atoms with Gasteiger partial charge in [-0.1, -0.05) is 113 Å². The minimum atomic E-state index is -0.282. The van der Waals surface area contributed by atoms with Gasteiger partial charge < -0.3 is 0 Å². The Morgan fingerprint density at radius 3 is 1.92 bits per heavy atom. The van der Waals surface area contributed by atoms with Gasteiger partial charge in [-0.05, 0) is 39.1 Å². The molecule has 0 spiro atoms. The lowest BCUT2D eigenvalue weighted by molar-refractivity contribution is 0.787. The van der Waals surface area contributed by atoms with E-state index in [0.29, 0.717) is 0 Å². The fourth-order valence-corrected chi connectivity index (χ4v) is 4.71. The summed E-state index contributed by atoms with van der Waals surface area (Å²) in [6, 6.07) is 32.6. The van der Waals surface area contributed by atoms with E-state index in [1.165, 1.54) is 33.0 Å². The Bertz CT molecular complexity index is 1090. The first kappa shape index (κ1) is 15.6. The topological polar surface area (TPSA) is 0 Å². The van der Waals surface area contributed by atoms with Gasteiger partial charge in [0, 0.05) is 4.47 Å². The van der Waals surface area contributed by atoms with E-state index >= 15 is 0 Å². The largest absolute Gasteiger partial charge is 0.0646 e. The smallest absolute Gasteiger partial charge is 0.0641 e. The van der Waals surface area contributed by atoms with Gasteiger partial charge in [-0.2, -0.15) is 0 Å². The lowest BCUT2D eigenvalue weighted by atomic mass is 9.65. The van der Waals surface area contributed by atoms with E-state index in [9.17, 15) is 0 Å². The second-order valence-electron chi connectivity index (χ2n) is 6.74. The van der Waals surface area contributed by atoms with E-state index in [0.717, 1.165) is 4.47 Å². The van der Waals surface area contributed by atoms with E-state index in [1.54, 1.807) is 0 Å². The van der Waals surface area contributed by atoms with E-state index < -0.39 is 0 Å². The first-order valence-corrected chi connectivity index (χ1v) is 9.62. The number of hydrogen-bond acceptors (Lipinski definition) is 0. The third-order valence-corrected chi connectivity index (χ3v) is 6.11. The van der Waals surface area contributed by atoms with Crippen molar-refractivity contribution in [1.29, 1.82) is 0 Å². The zero-order chi connectivity index (χ0) is 17.6. The van der Waals surface area contributed by atoms with Crippen LogP contribution in [0.25, 0.3) is 16.8 Å². The van der Waals surface area contributed by atoms with Crippen LogP contribution in [0.2, 0.25) is 0 Å². The van der Waals surface area contributed by atoms with Crippen molar-refractivity contribution in [3.05, 3.63) is 124 Å². The van der Waals surface area contributed by atoms with Gasteiger partial charge in [0.25, 0.3) is 0 Å². The first-order valence-electron chi connectivity index (χ1n) is 8.83. The van der Waals surface area contributed by atoms with Crippen molar-refractivity contribution >= 4 is 32.8 Å². The summed E-state index contributed by atoms with van der Waals surface area (Å²) in [7, 11) is 0. The summed E-state index contributed by atoms with van der Waals surface area (Å²) in [6.07, 6.45) is 4.64. The molecule has 0 bridgehead atoms. The quantitative estimate of drug-likeness (QED) is 0.343. The molecule has 0 unspecified atom stereocenters. The minimum absolute atomic E-state index is 0.282. The molecule has 5 rings (SSSR count). The summed E-state index contributed by atoms with van der Waals surface area (Å²) < 4.78 is 1.14. The molecule has 0 saturated carbocycles. The highest BCUT2D eigenvalue weighted by Crippen LogP contribution is 2.48. The highest BCUT2D eigenvalue weighted by molar-refractivity contribution is 9.10. The predicted molar refractivity (Wildman–Crippen MR) is 113 cm³/mol. The molecule has 0 aliphatic heterocycles. The zero-order valence-corrected chi connectivity index (χ0v) is 15.8. The van der Waals surface area contributed by atoms with Gasteiger partial charge in [0.15, 0.2) is 0 Å². The lowest BCUT2D eigenvalue weighted by Crippen LogP contribution is -2.28. The standard InChI is InChI=1S/C25H17Br/c26-23-15-14-18-16-17-25(19-8-3-1-4-9-19,20-10-5-2-6-11-20)22-13-7-12-21(23)24(18)22/h1-17H. The highest BCUT2D eigenvalue weighted by Gasteiger charge is 2.37. The van der Waals surface area contributed by atoms with Crippen molar-refractivity contribution in [1.82, 2.24) is 0 Å². The summed E-state index contributed by atoms with van der Waals surface area (Å²) in [5.74, 6) is 0. The number of benzene rings is 4. The molecule has 4 aromatic rings. The highest BCUT2D eigenvalue weighted by atomic mass is 79.9. The monoisotopic (exact) mass is 396 g/mol. The van der Waals surface area contributed by atoms with E-state index in [-0.39, 0.29) is 5.41 Å². The van der Waals surface area contributed by atoms with Crippen LogP contribution in [0.4, 0.5) is 0 Å². The van der Waals surface area contributed by atoms with E-state index in [4.69, 9.17) is 0 Å². The van der Waals surface area contributed by atoms with Gasteiger partial charge in [-0.3, -0.25) is 0 Å². The molecule has 0 amide bonds. The first-order chi connectivity index (χ1) is 12.8. The van der Waals surface area contributed by atoms with Crippen LogP contribution >= 0.6 is 15.9 Å². The lowest BCUT2D eigenvalue weighted by Gasteiger charge is -2.36. The fourth-order valence-electron chi connectivity index (χ4n) is 4.24. The van der Waals surface area contributed by atoms with Gasteiger partial charge in [0.2, 0.25) is 0 Å². The minimum Gasteiger partial charge on any atom is -0.0646 e. The molecular weight excluding hydrogens is 380 g/mol. The maximum atomic E-state index is 3.74. The van der Waals surface area contributed by atoms with Crippen molar-refractivity contribution in [3.8, 4) is 0 Å². The van der Waals surface area contributed by atoms with Crippen molar-refractivity contribution in [2.45, 2.75) is 5.41 Å². The maximum absolute atomic E-state index is 3.74. The van der Waals surface area contributed by atoms with Gasteiger partial charge in [-0.25, -0.2) is 0 Å². The Morgan fingerprint density at radius 1 is 0.615 bits per heavy atom. The Labute approximate surface area is 161 Å². The van der Waals surface area contributed by atoms with Gasteiger partial charge in [0.05, 0.1) is 5.41 Å². The third-order valence-electron chi connectivity index (χ3n) is 5.42. The van der Waals surface area contributed by atoms with E-state index in [2.05, 4.69) is 119 Å². The van der Waals surface area contributed by atoms with Crippen LogP contribution in [-0.4, -0.2) is 0 Å². The van der Waals surface area contributed by atoms with Gasteiger partial charge >= 0.3 is 0 Å². The average molecular weight is 397 g/mol. The Balaban J connectivity index is 1.95. The van der Waals surface area contributed by atoms with Crippen LogP contribution in [-0.2, 0) is 5.41 Å². The molecule has 0 N–H and O–H groups in total. The van der Waals surface area contributed by atoms with Crippen LogP contribution in [0.1, 0.15) is 22.3 Å². The summed E-state index contributed by atoms with van der Waals surface area (Å²) in [4.78, 5) is 0. The van der Waals surface area contributed by atoms with Crippen LogP contribution in [0.15, 0.2) is 102 Å². The molecule has 124 valence electrons. The molecule has 4 aromatic carbocycles. The molecule has 0 atom stereocenters. The second-order valence-corrected chi connectivity index (χ2v) is 7.59. The van der Waals surface area contributed by atoms with E-state index in [1.807, 2.05) is 0 Å². The summed E-state index contributed by atoms with van der Waals surface area (Å²) >= 11 is 3.74. The molecule has 1 aliphatic rings. The van der Waals surface area contributed by atoms with Crippen molar-refractivity contribution < 1.29 is 0 Å². The van der Waals surface area contributed by atoms with Crippen LogP contribution < -0.4 is 0 Å². The van der Waals surface area contributed by atoms with Crippen molar-refractivity contribution in [3.63, 3.8) is 0 Å². The molecule has 0 radical (unpaired) electrons. The average Bonchev–Trinajstić information content (AvgIpc) is 2.72. The van der Waals surface area contributed by atoms with Crippen molar-refractivity contribution in [2.24, 2.45) is 0 Å². The van der Waals surface area contributed by atoms with Crippen LogP contribution in [0, 0.1) is 0 Å². The molecule has 1 heteroatoms. The van der Waals surface area contributed by atoms with Crippen LogP contribution in [0.5, 0.6) is 0 Å². The normalized spacial score (nSPS) is 14.5. The molecule has 0 heterocycles. The number of halogens is 1. The zero-order valence-electron chi connectivity index (χ0n) is 14.2. The molecule has 0 saturated heterocycles. The third kappa shape index (κ3) is 2.14. The molecule has 0 nitrogen and oxygen atoms in total. The molecule has 0 fully saturated rings. The molecule has 26 heavy (non-hydrogen) atoms. The van der Waals surface area contributed by atoms with Crippen LogP contribution in [0.3, 0.4) is 0 Å². The second kappa shape index (κ2) is 5.96. The Hall–Kier alpha value is -2.64. The fraction of sp³-hybridized carbons (Fsp3) is 0.0400. The maximum Gasteiger partial charge on any atom is 0.0641 e. The number of allylic oxidation sites excluding steroid dienone is 1. The van der Waals surface area contributed by atoms with Gasteiger partial charge in [-0.15, -0.1) is 0 Å². The predicted octanol–water partition coefficient (Wildman–Crippen LogP) is 6.96. The number of hydrogen-bond donors (Lipinski definition) is 0. The van der Waals surface area contributed by atoms with Gasteiger partial charge in [0.1, 0.15) is 0 Å². The Morgan fingerprint density at radius 2 is 1.27 bits per heavy atom. The Kier molecular flexibility index (Phi) is 3.58. The molecular formula is C25H17Br. The summed E-state index contributed by atoms with van der Waals surface area (Å²) in [5, 5.41) is 2.60. The molecule has 1 aliphatic carbocycles.